The Balaban J connectivity index is 1.44. The van der Waals surface area contributed by atoms with Gasteiger partial charge in [-0.25, -0.2) is 0 Å². The highest BCUT2D eigenvalue weighted by Gasteiger charge is 2.21. The highest BCUT2D eigenvalue weighted by Crippen LogP contribution is 2.35. The van der Waals surface area contributed by atoms with Crippen LogP contribution in [0.2, 0.25) is 0 Å². The maximum absolute atomic E-state index is 6.18. The molecule has 3 heterocycles. The first kappa shape index (κ1) is 16.7. The van der Waals surface area contributed by atoms with Crippen LogP contribution in [0.3, 0.4) is 0 Å². The minimum absolute atomic E-state index is 0.0792. The van der Waals surface area contributed by atoms with Crippen molar-refractivity contribution in [1.29, 1.82) is 0 Å². The highest BCUT2D eigenvalue weighted by molar-refractivity contribution is 5.89. The van der Waals surface area contributed by atoms with Crippen LogP contribution in [0.15, 0.2) is 42.9 Å². The summed E-state index contributed by atoms with van der Waals surface area (Å²) in [5, 5.41) is 8.94. The fourth-order valence-electron chi connectivity index (χ4n) is 3.68. The van der Waals surface area contributed by atoms with Gasteiger partial charge >= 0.3 is 0 Å². The molecule has 1 N–H and O–H groups in total. The number of hydrogen-bond donors (Lipinski definition) is 1. The first-order valence-electron chi connectivity index (χ1n) is 9.75. The van der Waals surface area contributed by atoms with Crippen molar-refractivity contribution in [3.05, 3.63) is 42.9 Å². The number of hydrogen-bond acceptors (Lipinski definition) is 5. The molecule has 1 aliphatic carbocycles. The van der Waals surface area contributed by atoms with Crippen molar-refractivity contribution in [2.24, 2.45) is 0 Å². The maximum atomic E-state index is 6.18. The summed E-state index contributed by atoms with van der Waals surface area (Å²) in [7, 11) is 0. The molecule has 0 amide bonds. The van der Waals surface area contributed by atoms with E-state index in [0.29, 0.717) is 12.6 Å². The monoisotopic (exact) mass is 364 g/mol. The molecule has 140 valence electrons. The van der Waals surface area contributed by atoms with E-state index in [1.165, 1.54) is 19.3 Å². The normalized spacial score (nSPS) is 20.5. The lowest BCUT2D eigenvalue weighted by molar-refractivity contribution is 0.000518. The Kier molecular flexibility index (Phi) is 4.51. The van der Waals surface area contributed by atoms with Crippen LogP contribution in [-0.2, 0) is 4.74 Å². The SMILES string of the molecule is c1cnc2cc(-c3cnn(C4CCC4)c3)cc(OC[C@@H]3CNCCO3)c2c1. The predicted molar refractivity (Wildman–Crippen MR) is 104 cm³/mol. The van der Waals surface area contributed by atoms with Gasteiger partial charge in [-0.15, -0.1) is 0 Å². The first-order valence-corrected chi connectivity index (χ1v) is 9.75. The van der Waals surface area contributed by atoms with Crippen LogP contribution in [0, 0.1) is 0 Å². The van der Waals surface area contributed by atoms with Crippen molar-refractivity contribution < 1.29 is 9.47 Å². The molecule has 2 aliphatic rings. The lowest BCUT2D eigenvalue weighted by Crippen LogP contribution is -2.41. The fraction of sp³-hybridized carbons (Fsp3) is 0.429. The molecule has 3 aromatic rings. The Bertz CT molecular complexity index is 929. The van der Waals surface area contributed by atoms with Gasteiger partial charge in [0.15, 0.2) is 0 Å². The topological polar surface area (TPSA) is 61.2 Å². The molecule has 5 rings (SSSR count). The van der Waals surface area contributed by atoms with E-state index in [4.69, 9.17) is 9.47 Å². The van der Waals surface area contributed by atoms with Gasteiger partial charge in [-0.05, 0) is 49.1 Å². The molecule has 1 aliphatic heterocycles. The van der Waals surface area contributed by atoms with Crippen molar-refractivity contribution in [3.63, 3.8) is 0 Å². The largest absolute Gasteiger partial charge is 0.490 e. The van der Waals surface area contributed by atoms with E-state index in [1.807, 2.05) is 18.5 Å². The van der Waals surface area contributed by atoms with Crippen LogP contribution in [0.1, 0.15) is 25.3 Å². The molecular formula is C21H24N4O2. The fourth-order valence-corrected chi connectivity index (χ4v) is 3.68. The molecule has 2 aromatic heterocycles. The van der Waals surface area contributed by atoms with Crippen LogP contribution < -0.4 is 10.1 Å². The average Bonchev–Trinajstić information content (AvgIpc) is 3.15. The molecule has 6 heteroatoms. The van der Waals surface area contributed by atoms with Gasteiger partial charge in [0.25, 0.3) is 0 Å². The van der Waals surface area contributed by atoms with Gasteiger partial charge in [0.1, 0.15) is 18.5 Å². The summed E-state index contributed by atoms with van der Waals surface area (Å²) in [4.78, 5) is 4.54. The summed E-state index contributed by atoms with van der Waals surface area (Å²) < 4.78 is 14.0. The summed E-state index contributed by atoms with van der Waals surface area (Å²) >= 11 is 0. The van der Waals surface area contributed by atoms with E-state index < -0.39 is 0 Å². The second-order valence-electron chi connectivity index (χ2n) is 7.35. The number of rotatable bonds is 5. The number of nitrogens with one attached hydrogen (secondary N) is 1. The Morgan fingerprint density at radius 3 is 3.04 bits per heavy atom. The van der Waals surface area contributed by atoms with Crippen molar-refractivity contribution in [3.8, 4) is 16.9 Å². The van der Waals surface area contributed by atoms with Gasteiger partial charge < -0.3 is 14.8 Å². The van der Waals surface area contributed by atoms with Crippen LogP contribution in [0.25, 0.3) is 22.0 Å². The minimum atomic E-state index is 0.0792. The Morgan fingerprint density at radius 2 is 2.22 bits per heavy atom. The van der Waals surface area contributed by atoms with Crippen molar-refractivity contribution in [1.82, 2.24) is 20.1 Å². The summed E-state index contributed by atoms with van der Waals surface area (Å²) in [6.45, 7) is 2.99. The summed E-state index contributed by atoms with van der Waals surface area (Å²) in [6.07, 6.45) is 9.74. The van der Waals surface area contributed by atoms with Crippen LogP contribution in [-0.4, -0.2) is 47.2 Å². The molecule has 0 bridgehead atoms. The lowest BCUT2D eigenvalue weighted by Gasteiger charge is -2.25. The summed E-state index contributed by atoms with van der Waals surface area (Å²) in [5.74, 6) is 0.848. The number of nitrogens with zero attached hydrogens (tertiary/aromatic N) is 3. The average molecular weight is 364 g/mol. The summed E-state index contributed by atoms with van der Waals surface area (Å²) in [6, 6.07) is 8.77. The number of ether oxygens (including phenoxy) is 2. The number of morpholine rings is 1. The second kappa shape index (κ2) is 7.29. The highest BCUT2D eigenvalue weighted by atomic mass is 16.5. The van der Waals surface area contributed by atoms with E-state index in [2.05, 4.69) is 44.5 Å². The van der Waals surface area contributed by atoms with E-state index in [0.717, 1.165) is 47.5 Å². The number of aromatic nitrogens is 3. The van der Waals surface area contributed by atoms with E-state index in [9.17, 15) is 0 Å². The van der Waals surface area contributed by atoms with Gasteiger partial charge in [-0.1, -0.05) is 0 Å². The smallest absolute Gasteiger partial charge is 0.129 e. The van der Waals surface area contributed by atoms with Crippen molar-refractivity contribution in [2.45, 2.75) is 31.4 Å². The molecule has 1 saturated carbocycles. The lowest BCUT2D eigenvalue weighted by atomic mass is 9.93. The van der Waals surface area contributed by atoms with E-state index >= 15 is 0 Å². The maximum Gasteiger partial charge on any atom is 0.129 e. The van der Waals surface area contributed by atoms with Crippen LogP contribution >= 0.6 is 0 Å². The van der Waals surface area contributed by atoms with Crippen LogP contribution in [0.4, 0.5) is 0 Å². The van der Waals surface area contributed by atoms with Gasteiger partial charge in [0.05, 0.1) is 24.4 Å². The minimum Gasteiger partial charge on any atom is -0.490 e. The van der Waals surface area contributed by atoms with Crippen molar-refractivity contribution >= 4 is 10.9 Å². The molecule has 0 unspecified atom stereocenters. The quantitative estimate of drug-likeness (QED) is 0.753. The molecule has 27 heavy (non-hydrogen) atoms. The van der Waals surface area contributed by atoms with Gasteiger partial charge in [0, 0.05) is 36.4 Å². The van der Waals surface area contributed by atoms with Gasteiger partial charge in [-0.2, -0.15) is 5.10 Å². The first-order chi connectivity index (χ1) is 13.4. The number of fused-ring (bicyclic) bond motifs is 1. The molecule has 1 atom stereocenters. The molecule has 1 saturated heterocycles. The van der Waals surface area contributed by atoms with Gasteiger partial charge in [0.2, 0.25) is 0 Å². The molecule has 2 fully saturated rings. The third-order valence-electron chi connectivity index (χ3n) is 5.50. The van der Waals surface area contributed by atoms with Gasteiger partial charge in [-0.3, -0.25) is 9.67 Å². The molecule has 0 spiro atoms. The molecule has 0 radical (unpaired) electrons. The molecule has 1 aromatic carbocycles. The Morgan fingerprint density at radius 1 is 1.26 bits per heavy atom. The standard InChI is InChI=1S/C21H24N4O2/c1-3-17(4-1)25-13-16(11-24-25)15-9-20-19(5-2-6-23-20)21(10-15)27-14-18-12-22-7-8-26-18/h2,5-6,9-11,13,17-18,22H,1,3-4,7-8,12,14H2/t18-/m0/s1. The van der Waals surface area contributed by atoms with Crippen molar-refractivity contribution in [2.75, 3.05) is 26.3 Å². The van der Waals surface area contributed by atoms with E-state index in [-0.39, 0.29) is 6.10 Å². The third kappa shape index (κ3) is 3.42. The van der Waals surface area contributed by atoms with Crippen LogP contribution in [0.5, 0.6) is 5.75 Å². The predicted octanol–water partition coefficient (Wildman–Crippen LogP) is 3.19. The summed E-state index contributed by atoms with van der Waals surface area (Å²) in [5.41, 5.74) is 3.13. The number of benzene rings is 1. The third-order valence-corrected chi connectivity index (χ3v) is 5.50. The Labute approximate surface area is 158 Å². The molecule has 6 nitrogen and oxygen atoms in total. The zero-order chi connectivity index (χ0) is 18.1. The van der Waals surface area contributed by atoms with E-state index in [1.54, 1.807) is 0 Å². The zero-order valence-corrected chi connectivity index (χ0v) is 15.3. The molecular weight excluding hydrogens is 340 g/mol. The zero-order valence-electron chi connectivity index (χ0n) is 15.3. The Hall–Kier alpha value is -2.44. The number of pyridine rings is 1. The second-order valence-corrected chi connectivity index (χ2v) is 7.35.